The Bertz CT molecular complexity index is 709. The van der Waals surface area contributed by atoms with Crippen LogP contribution >= 0.6 is 0 Å². The van der Waals surface area contributed by atoms with Gasteiger partial charge in [0.15, 0.2) is 0 Å². The molecule has 1 fully saturated rings. The van der Waals surface area contributed by atoms with Crippen LogP contribution in [0.2, 0.25) is 0 Å². The van der Waals surface area contributed by atoms with Gasteiger partial charge in [0.05, 0.1) is 11.1 Å². The first-order chi connectivity index (χ1) is 10.9. The summed E-state index contributed by atoms with van der Waals surface area (Å²) in [5, 5.41) is 5.74. The van der Waals surface area contributed by atoms with Crippen molar-refractivity contribution < 1.29 is 18.0 Å². The topological polar surface area (TPSA) is 54.0 Å². The SMILES string of the molecule is O=C(Nc1ccc(C(F)(F)F)cc1)c1cccnc1NC1CC1. The zero-order valence-corrected chi connectivity index (χ0v) is 12.0. The number of amides is 1. The third-order valence-electron chi connectivity index (χ3n) is 3.44. The molecule has 2 aromatic rings. The van der Waals surface area contributed by atoms with Crippen molar-refractivity contribution in [3.05, 3.63) is 53.7 Å². The van der Waals surface area contributed by atoms with E-state index in [1.165, 1.54) is 12.1 Å². The van der Waals surface area contributed by atoms with Gasteiger partial charge in [0.25, 0.3) is 5.91 Å². The van der Waals surface area contributed by atoms with E-state index in [4.69, 9.17) is 0 Å². The van der Waals surface area contributed by atoms with Crippen molar-refractivity contribution in [1.82, 2.24) is 4.98 Å². The molecule has 1 amide bonds. The summed E-state index contributed by atoms with van der Waals surface area (Å²) in [5.74, 6) is 0.0698. The normalized spacial score (nSPS) is 14.4. The molecule has 4 nitrogen and oxygen atoms in total. The largest absolute Gasteiger partial charge is 0.416 e. The predicted molar refractivity (Wildman–Crippen MR) is 80.3 cm³/mol. The number of carbonyl (C=O) groups is 1. The van der Waals surface area contributed by atoms with Gasteiger partial charge in [-0.3, -0.25) is 4.79 Å². The number of aromatic nitrogens is 1. The van der Waals surface area contributed by atoms with Crippen molar-refractivity contribution in [2.45, 2.75) is 25.1 Å². The smallest absolute Gasteiger partial charge is 0.367 e. The Kier molecular flexibility index (Phi) is 3.94. The quantitative estimate of drug-likeness (QED) is 0.897. The van der Waals surface area contributed by atoms with Gasteiger partial charge in [0.1, 0.15) is 5.82 Å². The standard InChI is InChI=1S/C16H14F3N3O/c17-16(18,19)10-3-5-12(6-4-10)22-15(23)13-2-1-9-20-14(13)21-11-7-8-11/h1-6,9,11H,7-8H2,(H,20,21)(H,22,23). The first kappa shape index (κ1) is 15.3. The minimum absolute atomic E-state index is 0.296. The minimum Gasteiger partial charge on any atom is -0.367 e. The van der Waals surface area contributed by atoms with Crippen molar-refractivity contribution in [3.63, 3.8) is 0 Å². The maximum Gasteiger partial charge on any atom is 0.416 e. The maximum atomic E-state index is 12.5. The molecule has 1 aliphatic carbocycles. The Labute approximate surface area is 130 Å². The highest BCUT2D eigenvalue weighted by atomic mass is 19.4. The molecule has 120 valence electrons. The number of hydrogen-bond donors (Lipinski definition) is 2. The van der Waals surface area contributed by atoms with Crippen LogP contribution in [0, 0.1) is 0 Å². The minimum atomic E-state index is -4.40. The average Bonchev–Trinajstić information content (AvgIpc) is 3.31. The molecule has 23 heavy (non-hydrogen) atoms. The molecule has 1 saturated carbocycles. The summed E-state index contributed by atoms with van der Waals surface area (Å²) in [6.45, 7) is 0. The van der Waals surface area contributed by atoms with Gasteiger partial charge in [-0.25, -0.2) is 4.98 Å². The van der Waals surface area contributed by atoms with Crippen molar-refractivity contribution in [2.75, 3.05) is 10.6 Å². The number of alkyl halides is 3. The summed E-state index contributed by atoms with van der Waals surface area (Å²) in [6.07, 6.45) is -0.736. The van der Waals surface area contributed by atoms with E-state index in [1.54, 1.807) is 18.3 Å². The molecule has 0 radical (unpaired) electrons. The summed E-state index contributed by atoms with van der Waals surface area (Å²) in [7, 11) is 0. The van der Waals surface area contributed by atoms with E-state index in [-0.39, 0.29) is 0 Å². The van der Waals surface area contributed by atoms with Gasteiger partial charge < -0.3 is 10.6 Å². The van der Waals surface area contributed by atoms with Crippen molar-refractivity contribution in [2.24, 2.45) is 0 Å². The molecule has 1 aliphatic rings. The molecule has 3 rings (SSSR count). The van der Waals surface area contributed by atoms with Gasteiger partial charge in [-0.15, -0.1) is 0 Å². The summed E-state index contributed by atoms with van der Waals surface area (Å²) < 4.78 is 37.6. The number of nitrogens with one attached hydrogen (secondary N) is 2. The summed E-state index contributed by atoms with van der Waals surface area (Å²) in [4.78, 5) is 16.5. The van der Waals surface area contributed by atoms with E-state index in [9.17, 15) is 18.0 Å². The fourth-order valence-electron chi connectivity index (χ4n) is 2.07. The Morgan fingerprint density at radius 3 is 2.43 bits per heavy atom. The highest BCUT2D eigenvalue weighted by Crippen LogP contribution is 2.30. The van der Waals surface area contributed by atoms with Crippen LogP contribution in [0.25, 0.3) is 0 Å². The lowest BCUT2D eigenvalue weighted by molar-refractivity contribution is -0.137. The number of benzene rings is 1. The third kappa shape index (κ3) is 3.80. The monoisotopic (exact) mass is 321 g/mol. The Hall–Kier alpha value is -2.57. The van der Waals surface area contributed by atoms with Crippen LogP contribution in [0.1, 0.15) is 28.8 Å². The van der Waals surface area contributed by atoms with Crippen LogP contribution < -0.4 is 10.6 Å². The average molecular weight is 321 g/mol. The van der Waals surface area contributed by atoms with E-state index >= 15 is 0 Å². The van der Waals surface area contributed by atoms with Gasteiger partial charge in [0.2, 0.25) is 0 Å². The van der Waals surface area contributed by atoms with Gasteiger partial charge in [0, 0.05) is 17.9 Å². The first-order valence-corrected chi connectivity index (χ1v) is 7.13. The summed E-state index contributed by atoms with van der Waals surface area (Å²) >= 11 is 0. The van der Waals surface area contributed by atoms with Gasteiger partial charge in [-0.2, -0.15) is 13.2 Å². The highest BCUT2D eigenvalue weighted by molar-refractivity contribution is 6.07. The van der Waals surface area contributed by atoms with E-state index in [2.05, 4.69) is 15.6 Å². The Morgan fingerprint density at radius 2 is 1.83 bits per heavy atom. The molecule has 1 aromatic heterocycles. The van der Waals surface area contributed by atoms with E-state index in [1.807, 2.05) is 0 Å². The number of rotatable bonds is 4. The van der Waals surface area contributed by atoms with Gasteiger partial charge in [-0.1, -0.05) is 0 Å². The summed E-state index contributed by atoms with van der Waals surface area (Å²) in [6, 6.07) is 7.92. The van der Waals surface area contributed by atoms with Crippen LogP contribution in [-0.4, -0.2) is 16.9 Å². The van der Waals surface area contributed by atoms with E-state index in [0.29, 0.717) is 23.1 Å². The fourth-order valence-corrected chi connectivity index (χ4v) is 2.07. The molecule has 0 saturated heterocycles. The van der Waals surface area contributed by atoms with Gasteiger partial charge in [-0.05, 0) is 49.2 Å². The molecule has 0 atom stereocenters. The van der Waals surface area contributed by atoms with Crippen molar-refractivity contribution >= 4 is 17.4 Å². The maximum absolute atomic E-state index is 12.5. The molecule has 2 N–H and O–H groups in total. The van der Waals surface area contributed by atoms with Crippen molar-refractivity contribution in [3.8, 4) is 0 Å². The molecule has 0 spiro atoms. The lowest BCUT2D eigenvalue weighted by Crippen LogP contribution is -2.16. The first-order valence-electron chi connectivity index (χ1n) is 7.13. The molecule has 1 heterocycles. The number of carbonyl (C=O) groups excluding carboxylic acids is 1. The highest BCUT2D eigenvalue weighted by Gasteiger charge is 2.30. The van der Waals surface area contributed by atoms with Crippen LogP contribution in [0.15, 0.2) is 42.6 Å². The fraction of sp³-hybridized carbons (Fsp3) is 0.250. The molecular weight excluding hydrogens is 307 g/mol. The van der Waals surface area contributed by atoms with Crippen LogP contribution in [-0.2, 0) is 6.18 Å². The lowest BCUT2D eigenvalue weighted by atomic mass is 10.2. The Balaban J connectivity index is 1.74. The number of anilines is 2. The second-order valence-electron chi connectivity index (χ2n) is 5.35. The third-order valence-corrected chi connectivity index (χ3v) is 3.44. The Morgan fingerprint density at radius 1 is 1.13 bits per heavy atom. The molecule has 7 heteroatoms. The molecule has 0 aliphatic heterocycles. The van der Waals surface area contributed by atoms with Crippen molar-refractivity contribution in [1.29, 1.82) is 0 Å². The van der Waals surface area contributed by atoms with Crippen LogP contribution in [0.4, 0.5) is 24.7 Å². The molecule has 0 unspecified atom stereocenters. The van der Waals surface area contributed by atoms with Gasteiger partial charge >= 0.3 is 6.18 Å². The number of pyridine rings is 1. The summed E-state index contributed by atoms with van der Waals surface area (Å²) in [5.41, 5.74) is -0.100. The molecule has 0 bridgehead atoms. The number of halogens is 3. The number of hydrogen-bond acceptors (Lipinski definition) is 3. The van der Waals surface area contributed by atoms with Crippen LogP contribution in [0.5, 0.6) is 0 Å². The second-order valence-corrected chi connectivity index (χ2v) is 5.35. The van der Waals surface area contributed by atoms with E-state index in [0.717, 1.165) is 25.0 Å². The number of nitrogens with zero attached hydrogens (tertiary/aromatic N) is 1. The van der Waals surface area contributed by atoms with Crippen LogP contribution in [0.3, 0.4) is 0 Å². The zero-order valence-electron chi connectivity index (χ0n) is 12.0. The second kappa shape index (κ2) is 5.91. The van der Waals surface area contributed by atoms with E-state index < -0.39 is 17.6 Å². The predicted octanol–water partition coefficient (Wildman–Crippen LogP) is 3.93. The molecular formula is C16H14F3N3O. The molecule has 1 aromatic carbocycles. The zero-order chi connectivity index (χ0) is 16.4. The lowest BCUT2D eigenvalue weighted by Gasteiger charge is -2.11.